The molecule has 0 bridgehead atoms. The molecule has 9 nitrogen and oxygen atoms in total. The zero-order chi connectivity index (χ0) is 18.8. The first-order chi connectivity index (χ1) is 12.5. The minimum absolute atomic E-state index is 0.0131. The minimum atomic E-state index is -0.639. The SMILES string of the molecule is Nc1c2c(cc(=O)n1-c1ccc(N(CCO)CCO)cc1)C(=O)NC2=O. The Morgan fingerprint density at radius 2 is 1.62 bits per heavy atom. The van der Waals surface area contributed by atoms with Gasteiger partial charge in [0.05, 0.1) is 30.0 Å². The Hall–Kier alpha value is -3.17. The summed E-state index contributed by atoms with van der Waals surface area (Å²) in [6, 6.07) is 7.78. The summed E-state index contributed by atoms with van der Waals surface area (Å²) in [5, 5.41) is 20.3. The van der Waals surface area contributed by atoms with Crippen LogP contribution in [0.5, 0.6) is 0 Å². The number of nitrogens with zero attached hydrogens (tertiary/aromatic N) is 2. The zero-order valence-corrected chi connectivity index (χ0v) is 13.8. The second-order valence-corrected chi connectivity index (χ2v) is 5.73. The number of imide groups is 1. The van der Waals surface area contributed by atoms with Gasteiger partial charge in [-0.25, -0.2) is 0 Å². The van der Waals surface area contributed by atoms with Crippen molar-refractivity contribution in [3.05, 3.63) is 51.8 Å². The molecule has 0 spiro atoms. The largest absolute Gasteiger partial charge is 0.395 e. The van der Waals surface area contributed by atoms with Crippen LogP contribution in [0.15, 0.2) is 35.1 Å². The van der Waals surface area contributed by atoms with Crippen LogP contribution in [-0.2, 0) is 0 Å². The zero-order valence-electron chi connectivity index (χ0n) is 13.8. The van der Waals surface area contributed by atoms with Gasteiger partial charge in [0.1, 0.15) is 5.82 Å². The first-order valence-corrected chi connectivity index (χ1v) is 7.96. The number of hydrogen-bond acceptors (Lipinski definition) is 7. The van der Waals surface area contributed by atoms with Crippen molar-refractivity contribution in [1.29, 1.82) is 0 Å². The van der Waals surface area contributed by atoms with Crippen LogP contribution >= 0.6 is 0 Å². The standard InChI is InChI=1S/C17H18N4O5/c18-15-14-12(16(25)19-17(14)26)9-13(24)21(15)11-3-1-10(2-4-11)20(5-7-22)6-8-23/h1-4,9,22-23H,5-8,18H2,(H,19,25,26). The van der Waals surface area contributed by atoms with E-state index in [1.807, 2.05) is 0 Å². The Balaban J connectivity index is 2.03. The van der Waals surface area contributed by atoms with E-state index >= 15 is 0 Å². The van der Waals surface area contributed by atoms with E-state index in [9.17, 15) is 14.4 Å². The number of fused-ring (bicyclic) bond motifs is 1. The van der Waals surface area contributed by atoms with E-state index < -0.39 is 17.4 Å². The van der Waals surface area contributed by atoms with Gasteiger partial charge in [-0.1, -0.05) is 0 Å². The molecular formula is C17H18N4O5. The molecule has 1 aromatic heterocycles. The van der Waals surface area contributed by atoms with E-state index in [0.29, 0.717) is 18.8 Å². The van der Waals surface area contributed by atoms with E-state index in [-0.39, 0.29) is 30.2 Å². The highest BCUT2D eigenvalue weighted by molar-refractivity contribution is 6.23. The number of aliphatic hydroxyl groups excluding tert-OH is 2. The number of nitrogens with one attached hydrogen (secondary N) is 1. The van der Waals surface area contributed by atoms with Crippen LogP contribution in [0, 0.1) is 0 Å². The maximum atomic E-state index is 12.4. The summed E-state index contributed by atoms with van der Waals surface area (Å²) in [4.78, 5) is 37.8. The normalized spacial score (nSPS) is 12.8. The Kier molecular flexibility index (Phi) is 4.74. The maximum absolute atomic E-state index is 12.4. The third kappa shape index (κ3) is 2.93. The number of anilines is 2. The Labute approximate surface area is 148 Å². The van der Waals surface area contributed by atoms with Crippen molar-refractivity contribution < 1.29 is 19.8 Å². The Morgan fingerprint density at radius 3 is 2.19 bits per heavy atom. The average Bonchev–Trinajstić information content (AvgIpc) is 2.89. The monoisotopic (exact) mass is 358 g/mol. The maximum Gasteiger partial charge on any atom is 0.262 e. The van der Waals surface area contributed by atoms with E-state index in [0.717, 1.165) is 16.3 Å². The lowest BCUT2D eigenvalue weighted by atomic mass is 10.1. The molecule has 2 amide bonds. The molecule has 0 aliphatic carbocycles. The molecule has 2 heterocycles. The fourth-order valence-electron chi connectivity index (χ4n) is 2.97. The molecule has 1 aromatic carbocycles. The van der Waals surface area contributed by atoms with Crippen LogP contribution in [0.1, 0.15) is 20.7 Å². The number of nitrogen functional groups attached to an aromatic ring is 1. The molecule has 0 saturated heterocycles. The van der Waals surface area contributed by atoms with Crippen molar-refractivity contribution in [1.82, 2.24) is 9.88 Å². The van der Waals surface area contributed by atoms with Crippen molar-refractivity contribution in [3.63, 3.8) is 0 Å². The van der Waals surface area contributed by atoms with E-state index in [4.69, 9.17) is 15.9 Å². The third-order valence-corrected chi connectivity index (χ3v) is 4.17. The van der Waals surface area contributed by atoms with Crippen LogP contribution in [0.2, 0.25) is 0 Å². The van der Waals surface area contributed by atoms with E-state index in [2.05, 4.69) is 5.32 Å². The van der Waals surface area contributed by atoms with Crippen molar-refractivity contribution in [2.45, 2.75) is 0 Å². The number of hydrogen-bond donors (Lipinski definition) is 4. The summed E-state index contributed by atoms with van der Waals surface area (Å²) >= 11 is 0. The highest BCUT2D eigenvalue weighted by atomic mass is 16.3. The number of rotatable bonds is 6. The lowest BCUT2D eigenvalue weighted by Crippen LogP contribution is -2.29. The van der Waals surface area contributed by atoms with Gasteiger partial charge in [0, 0.05) is 24.8 Å². The predicted octanol–water partition coefficient (Wildman–Crippen LogP) is -0.906. The molecule has 1 aliphatic rings. The number of aromatic nitrogens is 1. The Morgan fingerprint density at radius 1 is 1.00 bits per heavy atom. The van der Waals surface area contributed by atoms with Crippen molar-refractivity contribution in [2.24, 2.45) is 0 Å². The van der Waals surface area contributed by atoms with Gasteiger partial charge < -0.3 is 20.8 Å². The minimum Gasteiger partial charge on any atom is -0.395 e. The molecule has 0 unspecified atom stereocenters. The van der Waals surface area contributed by atoms with Crippen LogP contribution in [0.4, 0.5) is 11.5 Å². The summed E-state index contributed by atoms with van der Waals surface area (Å²) < 4.78 is 1.16. The molecule has 3 rings (SSSR count). The number of aliphatic hydroxyl groups is 2. The first kappa shape index (κ1) is 17.6. The lowest BCUT2D eigenvalue weighted by molar-refractivity contribution is 0.0880. The fourth-order valence-corrected chi connectivity index (χ4v) is 2.97. The molecule has 0 saturated carbocycles. The van der Waals surface area contributed by atoms with Gasteiger partial charge >= 0.3 is 0 Å². The molecule has 2 aromatic rings. The summed E-state index contributed by atoms with van der Waals surface area (Å²) in [5.74, 6) is -1.38. The van der Waals surface area contributed by atoms with Crippen LogP contribution in [0.3, 0.4) is 0 Å². The van der Waals surface area contributed by atoms with Crippen molar-refractivity contribution in [2.75, 3.05) is 36.9 Å². The quantitative estimate of drug-likeness (QED) is 0.491. The van der Waals surface area contributed by atoms with Crippen molar-refractivity contribution in [3.8, 4) is 5.69 Å². The van der Waals surface area contributed by atoms with E-state index in [1.54, 1.807) is 29.2 Å². The molecule has 5 N–H and O–H groups in total. The first-order valence-electron chi connectivity index (χ1n) is 7.96. The lowest BCUT2D eigenvalue weighted by Gasteiger charge is -2.23. The highest BCUT2D eigenvalue weighted by Crippen LogP contribution is 2.24. The van der Waals surface area contributed by atoms with Gasteiger partial charge in [0.25, 0.3) is 17.4 Å². The molecule has 0 radical (unpaired) electrons. The molecule has 1 aliphatic heterocycles. The number of amides is 2. The predicted molar refractivity (Wildman–Crippen MR) is 94.6 cm³/mol. The van der Waals surface area contributed by atoms with Crippen LogP contribution in [0.25, 0.3) is 5.69 Å². The summed E-state index contributed by atoms with van der Waals surface area (Å²) in [7, 11) is 0. The second kappa shape index (κ2) is 6.98. The van der Waals surface area contributed by atoms with E-state index in [1.165, 1.54) is 0 Å². The number of nitrogens with two attached hydrogens (primary N) is 1. The fraction of sp³-hybridized carbons (Fsp3) is 0.235. The number of pyridine rings is 1. The summed E-state index contributed by atoms with van der Waals surface area (Å²) in [6.45, 7) is 0.566. The van der Waals surface area contributed by atoms with Gasteiger partial charge in [0.15, 0.2) is 0 Å². The second-order valence-electron chi connectivity index (χ2n) is 5.73. The molecule has 0 atom stereocenters. The molecule has 26 heavy (non-hydrogen) atoms. The molecule has 9 heteroatoms. The van der Waals surface area contributed by atoms with Gasteiger partial charge in [-0.15, -0.1) is 0 Å². The van der Waals surface area contributed by atoms with Crippen LogP contribution in [-0.4, -0.2) is 52.9 Å². The molecule has 136 valence electrons. The molecule has 0 fully saturated rings. The molecular weight excluding hydrogens is 340 g/mol. The highest BCUT2D eigenvalue weighted by Gasteiger charge is 2.31. The van der Waals surface area contributed by atoms with Gasteiger partial charge in [-0.3, -0.25) is 24.3 Å². The summed E-state index contributed by atoms with van der Waals surface area (Å²) in [6.07, 6.45) is 0. The van der Waals surface area contributed by atoms with Crippen molar-refractivity contribution >= 4 is 23.3 Å². The topological polar surface area (TPSA) is 138 Å². The Bertz CT molecular complexity index is 914. The average molecular weight is 358 g/mol. The smallest absolute Gasteiger partial charge is 0.262 e. The third-order valence-electron chi connectivity index (χ3n) is 4.17. The number of carbonyl (C=O) groups is 2. The summed E-state index contributed by atoms with van der Waals surface area (Å²) in [5.41, 5.74) is 6.60. The van der Waals surface area contributed by atoms with Gasteiger partial charge in [-0.2, -0.15) is 0 Å². The van der Waals surface area contributed by atoms with Crippen LogP contribution < -0.4 is 21.5 Å². The number of carbonyl (C=O) groups excluding carboxylic acids is 2. The van der Waals surface area contributed by atoms with Gasteiger partial charge in [-0.05, 0) is 24.3 Å². The van der Waals surface area contributed by atoms with Gasteiger partial charge in [0.2, 0.25) is 0 Å². The number of benzene rings is 1.